The molecule has 0 aliphatic carbocycles. The third-order valence-electron chi connectivity index (χ3n) is 5.25. The fourth-order valence-corrected chi connectivity index (χ4v) is 5.06. The first-order valence-corrected chi connectivity index (χ1v) is 10.8. The number of hydrogen-bond acceptors (Lipinski definition) is 10. The first-order valence-electron chi connectivity index (χ1n) is 9.79. The maximum atomic E-state index is 12.7. The van der Waals surface area contributed by atoms with Gasteiger partial charge in [0.25, 0.3) is 0 Å². The van der Waals surface area contributed by atoms with Crippen LogP contribution in [-0.4, -0.2) is 79.3 Å². The molecule has 0 saturated carbocycles. The lowest BCUT2D eigenvalue weighted by Gasteiger charge is -2.52. The van der Waals surface area contributed by atoms with Gasteiger partial charge in [0.05, 0.1) is 6.54 Å². The molecule has 2 fully saturated rings. The second-order valence-electron chi connectivity index (χ2n) is 7.59. The Morgan fingerprint density at radius 3 is 2.67 bits per heavy atom. The molecule has 33 heavy (non-hydrogen) atoms. The minimum Gasteiger partial charge on any atom is -0.508 e. The summed E-state index contributed by atoms with van der Waals surface area (Å²) in [7, 11) is 0. The van der Waals surface area contributed by atoms with Gasteiger partial charge in [-0.05, 0) is 24.3 Å². The van der Waals surface area contributed by atoms with Crippen LogP contribution in [0.15, 0.2) is 28.7 Å². The Hall–Kier alpha value is -3.81. The summed E-state index contributed by atoms with van der Waals surface area (Å²) in [5.74, 6) is -2.62. The number of aliphatic carboxylic acids is 1. The van der Waals surface area contributed by atoms with E-state index < -0.39 is 40.5 Å². The van der Waals surface area contributed by atoms with Crippen molar-refractivity contribution in [3.63, 3.8) is 0 Å². The molecule has 14 heteroatoms. The first-order chi connectivity index (χ1) is 15.7. The summed E-state index contributed by atoms with van der Waals surface area (Å²) in [5, 5.41) is 34.0. The quantitative estimate of drug-likeness (QED) is 0.258. The summed E-state index contributed by atoms with van der Waals surface area (Å²) in [5.41, 5.74) is -1.02. The average molecular weight is 476 g/mol. The van der Waals surface area contributed by atoms with Gasteiger partial charge in [-0.1, -0.05) is 5.10 Å². The van der Waals surface area contributed by atoms with Gasteiger partial charge in [0.1, 0.15) is 17.2 Å². The number of fused-ring (bicyclic) bond motifs is 1. The number of aromatic hydroxyl groups is 1. The summed E-state index contributed by atoms with van der Waals surface area (Å²) in [4.78, 5) is 49.6. The number of anilines is 2. The molecular formula is C19H20N6O7S. The highest BCUT2D eigenvalue weighted by Gasteiger charge is 2.60. The number of benzene rings is 1. The highest BCUT2D eigenvalue weighted by atomic mass is 32.2. The first kappa shape index (κ1) is 22.4. The smallest absolute Gasteiger partial charge is 0.322 e. The molecule has 3 heterocycles. The molecule has 5 N–H and O–H groups in total. The van der Waals surface area contributed by atoms with Crippen LogP contribution in [0, 0.1) is 0 Å². The second-order valence-corrected chi connectivity index (χ2v) is 8.70. The third kappa shape index (κ3) is 4.28. The summed E-state index contributed by atoms with van der Waals surface area (Å²) >= 11 is 1.18. The molecule has 4 rings (SSSR count). The Kier molecular flexibility index (Phi) is 5.84. The lowest BCUT2D eigenvalue weighted by atomic mass is 9.87. The number of carbonyl (C=O) groups excluding carboxylic acids is 3. The van der Waals surface area contributed by atoms with Crippen LogP contribution in [0.4, 0.5) is 11.7 Å². The lowest BCUT2D eigenvalue weighted by molar-refractivity contribution is -0.155. The van der Waals surface area contributed by atoms with Crippen LogP contribution < -0.4 is 16.0 Å². The van der Waals surface area contributed by atoms with Gasteiger partial charge in [0, 0.05) is 24.9 Å². The van der Waals surface area contributed by atoms with Crippen LogP contribution in [-0.2, 0) is 24.6 Å². The van der Waals surface area contributed by atoms with Gasteiger partial charge in [-0.15, -0.1) is 16.9 Å². The maximum absolute atomic E-state index is 12.7. The Balaban J connectivity index is 1.38. The van der Waals surface area contributed by atoms with Gasteiger partial charge in [-0.2, -0.15) is 0 Å². The lowest BCUT2D eigenvalue weighted by Crippen LogP contribution is -2.74. The highest BCUT2D eigenvalue weighted by Crippen LogP contribution is 2.43. The molecule has 0 spiro atoms. The number of thioether (sulfide) groups is 1. The molecule has 3 atom stereocenters. The minimum atomic E-state index is -1.64. The SMILES string of the molecule is CC(=O)Nc1nnc(C2(C(=O)O)CS[C@@H]3C(NC(=O)CNc4ccc(O)cc4)C(=O)N3C2)o1. The molecule has 2 saturated heterocycles. The predicted molar refractivity (Wildman–Crippen MR) is 114 cm³/mol. The summed E-state index contributed by atoms with van der Waals surface area (Å²) in [6, 6.07) is 5.15. The number of nitrogens with one attached hydrogen (secondary N) is 3. The van der Waals surface area contributed by atoms with Crippen LogP contribution in [0.5, 0.6) is 5.75 Å². The number of carboxylic acid groups (broad SMARTS) is 1. The zero-order chi connectivity index (χ0) is 23.8. The average Bonchev–Trinajstić information content (AvgIpc) is 3.24. The largest absolute Gasteiger partial charge is 0.508 e. The Morgan fingerprint density at radius 1 is 1.27 bits per heavy atom. The number of β-lactam (4-membered cyclic amide) rings is 1. The molecule has 2 unspecified atom stereocenters. The van der Waals surface area contributed by atoms with E-state index in [1.165, 1.54) is 35.7 Å². The van der Waals surface area contributed by atoms with Crippen molar-refractivity contribution < 1.29 is 33.8 Å². The molecule has 174 valence electrons. The molecule has 1 aromatic heterocycles. The van der Waals surface area contributed by atoms with E-state index in [-0.39, 0.29) is 36.5 Å². The second kappa shape index (κ2) is 8.61. The van der Waals surface area contributed by atoms with Crippen molar-refractivity contribution in [1.29, 1.82) is 0 Å². The van der Waals surface area contributed by atoms with Crippen LogP contribution in [0.2, 0.25) is 0 Å². The minimum absolute atomic E-state index is 0.0244. The van der Waals surface area contributed by atoms with Gasteiger partial charge >= 0.3 is 12.0 Å². The van der Waals surface area contributed by atoms with E-state index in [0.717, 1.165) is 0 Å². The highest BCUT2D eigenvalue weighted by molar-refractivity contribution is 8.00. The Morgan fingerprint density at radius 2 is 2.00 bits per heavy atom. The Labute approximate surface area is 190 Å². The van der Waals surface area contributed by atoms with E-state index in [9.17, 15) is 29.4 Å². The monoisotopic (exact) mass is 476 g/mol. The number of phenolic OH excluding ortho intramolecular Hbond substituents is 1. The molecule has 2 aromatic rings. The van der Waals surface area contributed by atoms with Crippen LogP contribution in [0.25, 0.3) is 0 Å². The normalized spacial score (nSPS) is 23.8. The van der Waals surface area contributed by atoms with E-state index >= 15 is 0 Å². The number of carboxylic acids is 1. The number of rotatable bonds is 7. The van der Waals surface area contributed by atoms with E-state index in [2.05, 4.69) is 26.1 Å². The van der Waals surface area contributed by atoms with Crippen molar-refractivity contribution in [3.8, 4) is 5.75 Å². The van der Waals surface area contributed by atoms with Crippen molar-refractivity contribution >= 4 is 47.2 Å². The van der Waals surface area contributed by atoms with Gasteiger partial charge < -0.3 is 30.2 Å². The summed E-state index contributed by atoms with van der Waals surface area (Å²) in [6.45, 7) is 0.947. The van der Waals surface area contributed by atoms with Crippen molar-refractivity contribution in [3.05, 3.63) is 30.2 Å². The van der Waals surface area contributed by atoms with Crippen molar-refractivity contribution in [2.24, 2.45) is 0 Å². The fraction of sp³-hybridized carbons (Fsp3) is 0.368. The molecule has 1 aromatic carbocycles. The number of hydrogen-bond donors (Lipinski definition) is 5. The van der Waals surface area contributed by atoms with Crippen LogP contribution >= 0.6 is 11.8 Å². The van der Waals surface area contributed by atoms with Crippen molar-refractivity contribution in [1.82, 2.24) is 20.4 Å². The molecule has 2 aliphatic heterocycles. The predicted octanol–water partition coefficient (Wildman–Crippen LogP) is -0.432. The van der Waals surface area contributed by atoms with Crippen LogP contribution in [0.1, 0.15) is 12.8 Å². The van der Waals surface area contributed by atoms with E-state index in [4.69, 9.17) is 4.42 Å². The number of amides is 3. The molecule has 0 bridgehead atoms. The molecular weight excluding hydrogens is 456 g/mol. The summed E-state index contributed by atoms with van der Waals surface area (Å²) in [6.07, 6.45) is 0. The fourth-order valence-electron chi connectivity index (χ4n) is 3.53. The zero-order valence-electron chi connectivity index (χ0n) is 17.3. The number of carbonyl (C=O) groups is 4. The Bertz CT molecular complexity index is 1110. The molecule has 3 amide bonds. The molecule has 13 nitrogen and oxygen atoms in total. The van der Waals surface area contributed by atoms with E-state index in [0.29, 0.717) is 5.69 Å². The van der Waals surface area contributed by atoms with Gasteiger partial charge in [0.15, 0.2) is 5.41 Å². The number of phenols is 1. The van der Waals surface area contributed by atoms with Crippen molar-refractivity contribution in [2.75, 3.05) is 29.5 Å². The summed E-state index contributed by atoms with van der Waals surface area (Å²) < 4.78 is 5.33. The van der Waals surface area contributed by atoms with E-state index in [1.807, 2.05) is 0 Å². The van der Waals surface area contributed by atoms with Gasteiger partial charge in [0.2, 0.25) is 23.6 Å². The number of nitrogens with zero attached hydrogens (tertiary/aromatic N) is 3. The standard InChI is InChI=1S/C19H20N6O7S/c1-9(26)21-18-24-23-16(32-18)19(17(30)31)7-25-14(29)13(15(25)33-8-19)22-12(28)6-20-10-2-4-11(27)5-3-10/h2-5,13,15,20,27H,6-8H2,1H3,(H,22,28)(H,30,31)(H,21,24,26)/t13?,15-,19?/m1/s1. The number of aromatic nitrogens is 2. The zero-order valence-corrected chi connectivity index (χ0v) is 18.1. The molecule has 0 radical (unpaired) electrons. The van der Waals surface area contributed by atoms with Crippen molar-refractivity contribution in [2.45, 2.75) is 23.8 Å². The third-order valence-corrected chi connectivity index (χ3v) is 6.77. The maximum Gasteiger partial charge on any atom is 0.322 e. The topological polar surface area (TPSA) is 187 Å². The van der Waals surface area contributed by atoms with Crippen LogP contribution in [0.3, 0.4) is 0 Å². The van der Waals surface area contributed by atoms with E-state index in [1.54, 1.807) is 12.1 Å². The molecule has 2 aliphatic rings. The van der Waals surface area contributed by atoms with Gasteiger partial charge in [-0.25, -0.2) is 0 Å². The van der Waals surface area contributed by atoms with Gasteiger partial charge in [-0.3, -0.25) is 24.5 Å².